The van der Waals surface area contributed by atoms with E-state index in [0.717, 1.165) is 6.42 Å². The van der Waals surface area contributed by atoms with Crippen LogP contribution in [-0.4, -0.2) is 31.8 Å². The highest BCUT2D eigenvalue weighted by molar-refractivity contribution is 5.75. The highest BCUT2D eigenvalue weighted by Crippen LogP contribution is 2.16. The van der Waals surface area contributed by atoms with Crippen LogP contribution in [0, 0.1) is 0 Å². The minimum atomic E-state index is -0.531. The second-order valence-electron chi connectivity index (χ2n) is 4.80. The van der Waals surface area contributed by atoms with Gasteiger partial charge >= 0.3 is 5.97 Å². The molecule has 0 bridgehead atoms. The van der Waals surface area contributed by atoms with Crippen LogP contribution < -0.4 is 10.1 Å². The second kappa shape index (κ2) is 8.59. The molecule has 112 valence electrons. The van der Waals surface area contributed by atoms with Crippen LogP contribution in [-0.2, 0) is 16.0 Å². The molecule has 0 aliphatic carbocycles. The molecule has 2 unspecified atom stereocenters. The lowest BCUT2D eigenvalue weighted by Gasteiger charge is -2.16. The topological polar surface area (TPSA) is 47.6 Å². The molecule has 1 rings (SSSR count). The first-order chi connectivity index (χ1) is 9.60. The third-order valence-corrected chi connectivity index (χ3v) is 3.16. The second-order valence-corrected chi connectivity index (χ2v) is 4.80. The van der Waals surface area contributed by atoms with Gasteiger partial charge in [0.15, 0.2) is 6.10 Å². The smallest absolute Gasteiger partial charge is 0.347 e. The van der Waals surface area contributed by atoms with Crippen LogP contribution in [0.15, 0.2) is 24.3 Å². The van der Waals surface area contributed by atoms with Gasteiger partial charge < -0.3 is 14.8 Å². The van der Waals surface area contributed by atoms with Gasteiger partial charge in [-0.25, -0.2) is 4.79 Å². The largest absolute Gasteiger partial charge is 0.479 e. The minimum absolute atomic E-state index is 0.303. The first-order valence-corrected chi connectivity index (χ1v) is 7.20. The van der Waals surface area contributed by atoms with E-state index in [1.165, 1.54) is 5.56 Å². The van der Waals surface area contributed by atoms with Gasteiger partial charge in [-0.05, 0) is 51.4 Å². The van der Waals surface area contributed by atoms with Crippen LogP contribution >= 0.6 is 0 Å². The minimum Gasteiger partial charge on any atom is -0.479 e. The first-order valence-electron chi connectivity index (χ1n) is 7.20. The van der Waals surface area contributed by atoms with Crippen LogP contribution in [0.5, 0.6) is 5.75 Å². The molecule has 0 aliphatic rings. The number of likely N-dealkylation sites (N-methyl/N-ethyl adjacent to an activating group) is 1. The fourth-order valence-electron chi connectivity index (χ4n) is 1.86. The standard InChI is InChI=1S/C16H25NO3/c1-5-15(16(18)19-6-2)20-14-9-7-13(8-10-14)11-12(3)17-4/h7-10,12,15,17H,5-6,11H2,1-4H3. The van der Waals surface area contributed by atoms with Gasteiger partial charge in [0, 0.05) is 6.04 Å². The molecule has 0 amide bonds. The summed E-state index contributed by atoms with van der Waals surface area (Å²) in [7, 11) is 1.95. The zero-order valence-corrected chi connectivity index (χ0v) is 12.8. The summed E-state index contributed by atoms with van der Waals surface area (Å²) in [6.07, 6.45) is 1.03. The lowest BCUT2D eigenvalue weighted by molar-refractivity contribution is -0.151. The normalized spacial score (nSPS) is 13.6. The molecule has 0 fully saturated rings. The third-order valence-electron chi connectivity index (χ3n) is 3.16. The molecule has 1 aromatic rings. The molecule has 4 heteroatoms. The van der Waals surface area contributed by atoms with E-state index in [0.29, 0.717) is 24.8 Å². The summed E-state index contributed by atoms with van der Waals surface area (Å²) < 4.78 is 10.7. The summed E-state index contributed by atoms with van der Waals surface area (Å²) >= 11 is 0. The maximum atomic E-state index is 11.7. The average molecular weight is 279 g/mol. The Labute approximate surface area is 121 Å². The van der Waals surface area contributed by atoms with Crippen molar-refractivity contribution in [2.45, 2.75) is 45.8 Å². The lowest BCUT2D eigenvalue weighted by atomic mass is 10.1. The van der Waals surface area contributed by atoms with Gasteiger partial charge in [0.05, 0.1) is 6.61 Å². The van der Waals surface area contributed by atoms with Crippen LogP contribution in [0.25, 0.3) is 0 Å². The maximum absolute atomic E-state index is 11.7. The zero-order chi connectivity index (χ0) is 15.0. The first kappa shape index (κ1) is 16.5. The Morgan fingerprint density at radius 1 is 1.25 bits per heavy atom. The Balaban J connectivity index is 2.61. The highest BCUT2D eigenvalue weighted by atomic mass is 16.6. The van der Waals surface area contributed by atoms with Crippen molar-refractivity contribution in [1.82, 2.24) is 5.32 Å². The van der Waals surface area contributed by atoms with Crippen molar-refractivity contribution in [1.29, 1.82) is 0 Å². The van der Waals surface area contributed by atoms with Gasteiger partial charge in [-0.2, -0.15) is 0 Å². The Morgan fingerprint density at radius 3 is 2.40 bits per heavy atom. The Morgan fingerprint density at radius 2 is 1.90 bits per heavy atom. The summed E-state index contributed by atoms with van der Waals surface area (Å²) in [6.45, 7) is 6.21. The van der Waals surface area contributed by atoms with Gasteiger partial charge in [-0.15, -0.1) is 0 Å². The van der Waals surface area contributed by atoms with Crippen LogP contribution in [0.1, 0.15) is 32.8 Å². The van der Waals surface area contributed by atoms with Gasteiger partial charge in [-0.1, -0.05) is 19.1 Å². The van der Waals surface area contributed by atoms with E-state index in [9.17, 15) is 4.79 Å². The molecular weight excluding hydrogens is 254 g/mol. The lowest BCUT2D eigenvalue weighted by Crippen LogP contribution is -2.28. The quantitative estimate of drug-likeness (QED) is 0.743. The summed E-state index contributed by atoms with van der Waals surface area (Å²) in [4.78, 5) is 11.7. The van der Waals surface area contributed by atoms with E-state index in [2.05, 4.69) is 12.2 Å². The molecule has 0 spiro atoms. The molecule has 4 nitrogen and oxygen atoms in total. The predicted octanol–water partition coefficient (Wildman–Crippen LogP) is 2.56. The summed E-state index contributed by atoms with van der Waals surface area (Å²) in [5.74, 6) is 0.397. The Bertz CT molecular complexity index is 403. The molecule has 0 heterocycles. The molecule has 20 heavy (non-hydrogen) atoms. The number of rotatable bonds is 8. The number of ether oxygens (including phenoxy) is 2. The van der Waals surface area contributed by atoms with Crippen LogP contribution in [0.3, 0.4) is 0 Å². The zero-order valence-electron chi connectivity index (χ0n) is 12.8. The molecule has 0 radical (unpaired) electrons. The molecule has 0 saturated heterocycles. The SMILES string of the molecule is CCOC(=O)C(CC)Oc1ccc(CC(C)NC)cc1. The summed E-state index contributed by atoms with van der Waals surface area (Å²) in [5, 5.41) is 3.21. The van der Waals surface area contributed by atoms with Crippen LogP contribution in [0.2, 0.25) is 0 Å². The van der Waals surface area contributed by atoms with E-state index < -0.39 is 6.10 Å². The van der Waals surface area contributed by atoms with E-state index in [4.69, 9.17) is 9.47 Å². The fourth-order valence-corrected chi connectivity index (χ4v) is 1.86. The van der Waals surface area contributed by atoms with Gasteiger partial charge in [0.1, 0.15) is 5.75 Å². The van der Waals surface area contributed by atoms with E-state index >= 15 is 0 Å². The molecule has 0 aliphatic heterocycles. The van der Waals surface area contributed by atoms with Crippen LogP contribution in [0.4, 0.5) is 0 Å². The monoisotopic (exact) mass is 279 g/mol. The molecule has 1 aromatic carbocycles. The van der Waals surface area contributed by atoms with Crippen molar-refractivity contribution < 1.29 is 14.3 Å². The van der Waals surface area contributed by atoms with Crippen molar-refractivity contribution >= 4 is 5.97 Å². The van der Waals surface area contributed by atoms with E-state index in [1.807, 2.05) is 38.2 Å². The van der Waals surface area contributed by atoms with Gasteiger partial charge in [-0.3, -0.25) is 0 Å². The van der Waals surface area contributed by atoms with Crippen molar-refractivity contribution in [3.05, 3.63) is 29.8 Å². The predicted molar refractivity (Wildman–Crippen MR) is 80.0 cm³/mol. The average Bonchev–Trinajstić information content (AvgIpc) is 2.46. The van der Waals surface area contributed by atoms with E-state index in [1.54, 1.807) is 6.92 Å². The van der Waals surface area contributed by atoms with Crippen molar-refractivity contribution in [3.8, 4) is 5.75 Å². The number of nitrogens with one attached hydrogen (secondary N) is 1. The molecule has 0 aromatic heterocycles. The van der Waals surface area contributed by atoms with Gasteiger partial charge in [0.25, 0.3) is 0 Å². The van der Waals surface area contributed by atoms with Crippen molar-refractivity contribution in [2.75, 3.05) is 13.7 Å². The summed E-state index contributed by atoms with van der Waals surface area (Å²) in [6, 6.07) is 8.30. The molecule has 0 saturated carbocycles. The summed E-state index contributed by atoms with van der Waals surface area (Å²) in [5.41, 5.74) is 1.24. The number of hydrogen-bond donors (Lipinski definition) is 1. The highest BCUT2D eigenvalue weighted by Gasteiger charge is 2.19. The van der Waals surface area contributed by atoms with Crippen molar-refractivity contribution in [3.63, 3.8) is 0 Å². The number of hydrogen-bond acceptors (Lipinski definition) is 4. The maximum Gasteiger partial charge on any atom is 0.347 e. The third kappa shape index (κ3) is 5.21. The van der Waals surface area contributed by atoms with E-state index in [-0.39, 0.29) is 5.97 Å². The number of esters is 1. The number of carbonyl (C=O) groups excluding carboxylic acids is 1. The Kier molecular flexibility index (Phi) is 7.09. The fraction of sp³-hybridized carbons (Fsp3) is 0.562. The van der Waals surface area contributed by atoms with Crippen molar-refractivity contribution in [2.24, 2.45) is 0 Å². The van der Waals surface area contributed by atoms with Gasteiger partial charge in [0.2, 0.25) is 0 Å². The Hall–Kier alpha value is -1.55. The molecule has 1 N–H and O–H groups in total. The molecular formula is C16H25NO3. The number of benzene rings is 1. The number of carbonyl (C=O) groups is 1. The molecule has 2 atom stereocenters.